The smallest absolute Gasteiger partial charge is 0.0924 e. The lowest BCUT2D eigenvalue weighted by atomic mass is 9.94. The van der Waals surface area contributed by atoms with Gasteiger partial charge in [-0.05, 0) is 42.9 Å². The molecular formula is C16H19N3. The zero-order valence-electron chi connectivity index (χ0n) is 11.0. The van der Waals surface area contributed by atoms with E-state index in [1.54, 1.807) is 6.33 Å². The number of rotatable bonds is 4. The van der Waals surface area contributed by atoms with Gasteiger partial charge in [0.05, 0.1) is 18.2 Å². The summed E-state index contributed by atoms with van der Waals surface area (Å²) in [7, 11) is 0. The molecule has 0 fully saturated rings. The molecule has 2 aromatic rings. The van der Waals surface area contributed by atoms with Crippen molar-refractivity contribution >= 4 is 5.69 Å². The minimum atomic E-state index is 0.775. The summed E-state index contributed by atoms with van der Waals surface area (Å²) < 4.78 is 0. The molecule has 1 heterocycles. The van der Waals surface area contributed by atoms with Crippen LogP contribution < -0.4 is 5.32 Å². The van der Waals surface area contributed by atoms with Gasteiger partial charge in [-0.15, -0.1) is 0 Å². The third kappa shape index (κ3) is 3.05. The molecule has 1 aromatic carbocycles. The van der Waals surface area contributed by atoms with Crippen LogP contribution in [0.3, 0.4) is 0 Å². The molecule has 0 bridgehead atoms. The quantitative estimate of drug-likeness (QED) is 0.813. The topological polar surface area (TPSA) is 40.7 Å². The number of nitrogens with one attached hydrogen (secondary N) is 2. The summed E-state index contributed by atoms with van der Waals surface area (Å²) in [5, 5.41) is 3.53. The van der Waals surface area contributed by atoms with Crippen LogP contribution in [0.5, 0.6) is 0 Å². The number of H-pyrrole nitrogens is 1. The lowest BCUT2D eigenvalue weighted by molar-refractivity contribution is 0.504. The second-order valence-electron chi connectivity index (χ2n) is 5.07. The van der Waals surface area contributed by atoms with Crippen LogP contribution in [0.15, 0.2) is 48.9 Å². The molecule has 98 valence electrons. The molecule has 0 saturated carbocycles. The van der Waals surface area contributed by atoms with Gasteiger partial charge in [-0.25, -0.2) is 4.98 Å². The van der Waals surface area contributed by atoms with Gasteiger partial charge >= 0.3 is 0 Å². The monoisotopic (exact) mass is 253 g/mol. The second-order valence-corrected chi connectivity index (χ2v) is 5.07. The Morgan fingerprint density at radius 1 is 1.21 bits per heavy atom. The Labute approximate surface area is 113 Å². The first kappa shape index (κ1) is 12.0. The van der Waals surface area contributed by atoms with E-state index in [0.29, 0.717) is 0 Å². The maximum Gasteiger partial charge on any atom is 0.0924 e. The van der Waals surface area contributed by atoms with E-state index in [2.05, 4.69) is 51.7 Å². The Morgan fingerprint density at radius 2 is 2.11 bits per heavy atom. The van der Waals surface area contributed by atoms with Crippen molar-refractivity contribution in [3.05, 3.63) is 48.9 Å². The maximum absolute atomic E-state index is 4.04. The lowest BCUT2D eigenvalue weighted by Crippen LogP contribution is -2.15. The number of imidazole rings is 1. The van der Waals surface area contributed by atoms with Gasteiger partial charge in [0.2, 0.25) is 0 Å². The highest BCUT2D eigenvalue weighted by molar-refractivity contribution is 5.61. The van der Waals surface area contributed by atoms with Crippen molar-refractivity contribution in [2.75, 3.05) is 11.9 Å². The van der Waals surface area contributed by atoms with Crippen molar-refractivity contribution in [3.8, 4) is 11.3 Å². The molecule has 2 N–H and O–H groups in total. The molecule has 1 aliphatic rings. The van der Waals surface area contributed by atoms with Crippen molar-refractivity contribution in [1.29, 1.82) is 0 Å². The SMILES string of the molecule is C1=CCC(CNc2ccc(-c3cnc[nH]3)cc2)CC1. The molecule has 0 spiro atoms. The molecular weight excluding hydrogens is 234 g/mol. The van der Waals surface area contributed by atoms with Gasteiger partial charge in [0.15, 0.2) is 0 Å². The maximum atomic E-state index is 4.04. The molecule has 0 radical (unpaired) electrons. The zero-order valence-corrected chi connectivity index (χ0v) is 11.0. The molecule has 0 saturated heterocycles. The van der Waals surface area contributed by atoms with Crippen molar-refractivity contribution in [2.45, 2.75) is 19.3 Å². The molecule has 0 amide bonds. The molecule has 1 aliphatic carbocycles. The van der Waals surface area contributed by atoms with Crippen LogP contribution in [0.25, 0.3) is 11.3 Å². The molecule has 0 aliphatic heterocycles. The highest BCUT2D eigenvalue weighted by Crippen LogP contribution is 2.21. The van der Waals surface area contributed by atoms with Crippen molar-refractivity contribution < 1.29 is 0 Å². The summed E-state index contributed by atoms with van der Waals surface area (Å²) in [5.41, 5.74) is 3.42. The Balaban J connectivity index is 1.58. The summed E-state index contributed by atoms with van der Waals surface area (Å²) in [4.78, 5) is 7.16. The number of hydrogen-bond donors (Lipinski definition) is 2. The highest BCUT2D eigenvalue weighted by atomic mass is 14.9. The van der Waals surface area contributed by atoms with Crippen LogP contribution >= 0.6 is 0 Å². The van der Waals surface area contributed by atoms with Crippen LogP contribution in [0.2, 0.25) is 0 Å². The van der Waals surface area contributed by atoms with Crippen LogP contribution in [-0.2, 0) is 0 Å². The molecule has 3 nitrogen and oxygen atoms in total. The van der Waals surface area contributed by atoms with E-state index in [4.69, 9.17) is 0 Å². The first-order valence-electron chi connectivity index (χ1n) is 6.89. The van der Waals surface area contributed by atoms with Gasteiger partial charge in [0.25, 0.3) is 0 Å². The van der Waals surface area contributed by atoms with E-state index < -0.39 is 0 Å². The second kappa shape index (κ2) is 5.74. The fourth-order valence-electron chi connectivity index (χ4n) is 2.49. The van der Waals surface area contributed by atoms with Crippen molar-refractivity contribution in [3.63, 3.8) is 0 Å². The average Bonchev–Trinajstić information content (AvgIpc) is 3.01. The first-order chi connectivity index (χ1) is 9.42. The Hall–Kier alpha value is -2.03. The van der Waals surface area contributed by atoms with E-state index in [9.17, 15) is 0 Å². The largest absolute Gasteiger partial charge is 0.385 e. The number of allylic oxidation sites excluding steroid dienone is 2. The Morgan fingerprint density at radius 3 is 2.79 bits per heavy atom. The normalized spacial score (nSPS) is 18.4. The molecule has 3 heteroatoms. The van der Waals surface area contributed by atoms with Gasteiger partial charge in [-0.3, -0.25) is 0 Å². The highest BCUT2D eigenvalue weighted by Gasteiger charge is 2.09. The van der Waals surface area contributed by atoms with Crippen molar-refractivity contribution in [1.82, 2.24) is 9.97 Å². The number of nitrogens with zero attached hydrogens (tertiary/aromatic N) is 1. The predicted octanol–water partition coefficient (Wildman–Crippen LogP) is 3.84. The van der Waals surface area contributed by atoms with Gasteiger partial charge < -0.3 is 10.3 Å². The van der Waals surface area contributed by atoms with Crippen LogP contribution in [0.1, 0.15) is 19.3 Å². The summed E-state index contributed by atoms with van der Waals surface area (Å²) in [6.45, 7) is 1.06. The summed E-state index contributed by atoms with van der Waals surface area (Å²) in [6, 6.07) is 8.51. The number of hydrogen-bond acceptors (Lipinski definition) is 2. The van der Waals surface area contributed by atoms with E-state index in [1.807, 2.05) is 6.20 Å². The first-order valence-corrected chi connectivity index (χ1v) is 6.89. The summed E-state index contributed by atoms with van der Waals surface area (Å²) in [5.74, 6) is 0.775. The molecule has 3 rings (SSSR count). The number of benzene rings is 1. The molecule has 19 heavy (non-hydrogen) atoms. The van der Waals surface area contributed by atoms with Gasteiger partial charge in [-0.1, -0.05) is 24.3 Å². The molecule has 1 atom stereocenters. The molecule has 1 unspecified atom stereocenters. The fourth-order valence-corrected chi connectivity index (χ4v) is 2.49. The third-order valence-electron chi connectivity index (χ3n) is 3.67. The Kier molecular flexibility index (Phi) is 3.63. The summed E-state index contributed by atoms with van der Waals surface area (Å²) in [6.07, 6.45) is 11.9. The number of anilines is 1. The minimum Gasteiger partial charge on any atom is -0.385 e. The standard InChI is InChI=1S/C16H19N3/c1-2-4-13(5-3-1)10-18-15-8-6-14(7-9-15)16-11-17-12-19-16/h1-2,6-9,11-13,18H,3-5,10H2,(H,17,19). The van der Waals surface area contributed by atoms with E-state index in [1.165, 1.54) is 30.5 Å². The fraction of sp³-hybridized carbons (Fsp3) is 0.312. The zero-order chi connectivity index (χ0) is 12.9. The van der Waals surface area contributed by atoms with E-state index in [0.717, 1.165) is 18.2 Å². The lowest BCUT2D eigenvalue weighted by Gasteiger charge is -2.18. The summed E-state index contributed by atoms with van der Waals surface area (Å²) >= 11 is 0. The number of aromatic amines is 1. The van der Waals surface area contributed by atoms with Crippen LogP contribution in [-0.4, -0.2) is 16.5 Å². The van der Waals surface area contributed by atoms with E-state index in [-0.39, 0.29) is 0 Å². The average molecular weight is 253 g/mol. The van der Waals surface area contributed by atoms with E-state index >= 15 is 0 Å². The van der Waals surface area contributed by atoms with Crippen LogP contribution in [0, 0.1) is 5.92 Å². The number of aromatic nitrogens is 2. The minimum absolute atomic E-state index is 0.775. The predicted molar refractivity (Wildman–Crippen MR) is 79.0 cm³/mol. The van der Waals surface area contributed by atoms with Gasteiger partial charge in [0, 0.05) is 12.2 Å². The van der Waals surface area contributed by atoms with Gasteiger partial charge in [-0.2, -0.15) is 0 Å². The molecule has 1 aromatic heterocycles. The van der Waals surface area contributed by atoms with Gasteiger partial charge in [0.1, 0.15) is 0 Å². The van der Waals surface area contributed by atoms with Crippen molar-refractivity contribution in [2.24, 2.45) is 5.92 Å². The third-order valence-corrected chi connectivity index (χ3v) is 3.67. The van der Waals surface area contributed by atoms with Crippen LogP contribution in [0.4, 0.5) is 5.69 Å². The Bertz CT molecular complexity index is 526.